The zero-order valence-corrected chi connectivity index (χ0v) is 17.2. The molecule has 0 fully saturated rings. The average Bonchev–Trinajstić information content (AvgIpc) is 2.79. The van der Waals surface area contributed by atoms with Gasteiger partial charge in [-0.15, -0.1) is 0 Å². The van der Waals surface area contributed by atoms with E-state index >= 15 is 0 Å². The summed E-state index contributed by atoms with van der Waals surface area (Å²) >= 11 is 0. The quantitative estimate of drug-likeness (QED) is 0.419. The Morgan fingerprint density at radius 2 is 1.69 bits per heavy atom. The third-order valence-corrected chi connectivity index (χ3v) is 5.05. The van der Waals surface area contributed by atoms with Gasteiger partial charge in [0.05, 0.1) is 5.69 Å². The molecule has 1 heterocycles. The number of nitrogens with zero attached hydrogens (tertiary/aromatic N) is 1. The minimum atomic E-state index is -0.745. The minimum absolute atomic E-state index is 0.0876. The molecule has 5 nitrogen and oxygen atoms in total. The number of pyridine rings is 1. The van der Waals surface area contributed by atoms with E-state index in [2.05, 4.69) is 17.2 Å². The van der Waals surface area contributed by atoms with Crippen molar-refractivity contribution in [3.8, 4) is 11.1 Å². The summed E-state index contributed by atoms with van der Waals surface area (Å²) < 4.78 is 29.1. The molecule has 0 aliphatic rings. The number of carbonyl (C=O) groups is 1. The highest BCUT2D eigenvalue weighted by Crippen LogP contribution is 2.36. The van der Waals surface area contributed by atoms with Gasteiger partial charge in [-0.1, -0.05) is 24.8 Å². The fourth-order valence-corrected chi connectivity index (χ4v) is 3.51. The molecule has 4 rings (SSSR count). The van der Waals surface area contributed by atoms with Crippen LogP contribution in [-0.2, 0) is 11.8 Å². The number of aromatic nitrogens is 1. The Morgan fingerprint density at radius 1 is 0.969 bits per heavy atom. The Balaban J connectivity index is 1.94. The summed E-state index contributed by atoms with van der Waals surface area (Å²) in [7, 11) is 1.65. The highest BCUT2D eigenvalue weighted by atomic mass is 19.1. The third-order valence-electron chi connectivity index (χ3n) is 5.05. The first-order valence-corrected chi connectivity index (χ1v) is 9.75. The van der Waals surface area contributed by atoms with Crippen LogP contribution in [0.15, 0.2) is 84.3 Å². The fourth-order valence-electron chi connectivity index (χ4n) is 3.51. The summed E-state index contributed by atoms with van der Waals surface area (Å²) in [6.45, 7) is 3.46. The van der Waals surface area contributed by atoms with Gasteiger partial charge in [-0.3, -0.25) is 9.59 Å². The van der Waals surface area contributed by atoms with E-state index in [-0.39, 0.29) is 17.2 Å². The second-order valence-corrected chi connectivity index (χ2v) is 7.21. The molecule has 160 valence electrons. The van der Waals surface area contributed by atoms with Gasteiger partial charge in [0.15, 0.2) is 0 Å². The monoisotopic (exact) mass is 431 g/mol. The zero-order chi connectivity index (χ0) is 22.8. The fraction of sp³-hybridized carbons (Fsp3) is 0.0400. The Morgan fingerprint density at radius 3 is 2.41 bits per heavy atom. The van der Waals surface area contributed by atoms with Gasteiger partial charge in [0.1, 0.15) is 11.6 Å². The molecule has 0 atom stereocenters. The Hall–Kier alpha value is -4.26. The van der Waals surface area contributed by atoms with Crippen molar-refractivity contribution in [2.45, 2.75) is 0 Å². The smallest absolute Gasteiger partial charge is 0.258 e. The van der Waals surface area contributed by atoms with Crippen molar-refractivity contribution < 1.29 is 13.6 Å². The Bertz CT molecular complexity index is 1430. The average molecular weight is 431 g/mol. The standard InChI is InChI=1S/C25H19F2N3O2/c1-3-24(31)28-16-9-11-22(29-23-10-8-15(26)12-21(23)27)19(13-16)20-14-30(2)25(32)18-7-5-4-6-17(18)20/h3-14,29H,1H2,2H3,(H,28,31). The summed E-state index contributed by atoms with van der Waals surface area (Å²) in [4.78, 5) is 24.4. The molecule has 1 aromatic heterocycles. The first-order chi connectivity index (χ1) is 15.4. The van der Waals surface area contributed by atoms with Crippen LogP contribution in [-0.4, -0.2) is 10.5 Å². The summed E-state index contributed by atoms with van der Waals surface area (Å²) in [5.74, 6) is -1.81. The molecule has 0 unspecified atom stereocenters. The number of benzene rings is 3. The predicted octanol–water partition coefficient (Wildman–Crippen LogP) is 5.35. The van der Waals surface area contributed by atoms with Crippen molar-refractivity contribution in [1.29, 1.82) is 0 Å². The molecule has 0 aliphatic heterocycles. The maximum Gasteiger partial charge on any atom is 0.258 e. The van der Waals surface area contributed by atoms with E-state index in [1.165, 1.54) is 10.6 Å². The predicted molar refractivity (Wildman–Crippen MR) is 123 cm³/mol. The Kier molecular flexibility index (Phi) is 5.55. The number of amides is 1. The number of hydrogen-bond acceptors (Lipinski definition) is 3. The van der Waals surface area contributed by atoms with Crippen molar-refractivity contribution in [3.63, 3.8) is 0 Å². The number of nitrogens with one attached hydrogen (secondary N) is 2. The lowest BCUT2D eigenvalue weighted by atomic mass is 9.98. The lowest BCUT2D eigenvalue weighted by molar-refractivity contribution is -0.111. The SMILES string of the molecule is C=CC(=O)Nc1ccc(Nc2ccc(F)cc2F)c(-c2cn(C)c(=O)c3ccccc23)c1. The first-order valence-electron chi connectivity index (χ1n) is 9.75. The summed E-state index contributed by atoms with van der Waals surface area (Å²) in [6.07, 6.45) is 2.84. The number of anilines is 3. The first kappa shape index (κ1) is 21.0. The number of aryl methyl sites for hydroxylation is 1. The van der Waals surface area contributed by atoms with Gasteiger partial charge < -0.3 is 15.2 Å². The second kappa shape index (κ2) is 8.47. The normalized spacial score (nSPS) is 10.7. The maximum absolute atomic E-state index is 14.3. The van der Waals surface area contributed by atoms with E-state index in [4.69, 9.17) is 0 Å². The van der Waals surface area contributed by atoms with Crippen molar-refractivity contribution in [2.75, 3.05) is 10.6 Å². The van der Waals surface area contributed by atoms with Gasteiger partial charge in [-0.05, 0) is 47.9 Å². The number of carbonyl (C=O) groups excluding carboxylic acids is 1. The molecule has 0 saturated carbocycles. The highest BCUT2D eigenvalue weighted by molar-refractivity contribution is 6.03. The molecule has 4 aromatic rings. The topological polar surface area (TPSA) is 63.1 Å². The zero-order valence-electron chi connectivity index (χ0n) is 17.2. The molecular weight excluding hydrogens is 412 g/mol. The van der Waals surface area contributed by atoms with Gasteiger partial charge in [-0.2, -0.15) is 0 Å². The van der Waals surface area contributed by atoms with Crippen LogP contribution < -0.4 is 16.2 Å². The van der Waals surface area contributed by atoms with Crippen LogP contribution in [0.4, 0.5) is 25.8 Å². The van der Waals surface area contributed by atoms with Crippen LogP contribution in [0.5, 0.6) is 0 Å². The molecule has 32 heavy (non-hydrogen) atoms. The number of halogens is 2. The van der Waals surface area contributed by atoms with Gasteiger partial charge in [0.2, 0.25) is 5.91 Å². The van der Waals surface area contributed by atoms with Crippen LogP contribution in [0.3, 0.4) is 0 Å². The number of rotatable bonds is 5. The highest BCUT2D eigenvalue weighted by Gasteiger charge is 2.15. The molecular formula is C25H19F2N3O2. The van der Waals surface area contributed by atoms with Crippen molar-refractivity contribution in [2.24, 2.45) is 7.05 Å². The van der Waals surface area contributed by atoms with Crippen LogP contribution >= 0.6 is 0 Å². The molecule has 0 bridgehead atoms. The number of fused-ring (bicyclic) bond motifs is 1. The van der Waals surface area contributed by atoms with Gasteiger partial charge in [0, 0.05) is 47.2 Å². The van der Waals surface area contributed by atoms with Crippen LogP contribution in [0, 0.1) is 11.6 Å². The van der Waals surface area contributed by atoms with Gasteiger partial charge in [-0.25, -0.2) is 8.78 Å². The lowest BCUT2D eigenvalue weighted by Crippen LogP contribution is -2.16. The summed E-state index contributed by atoms with van der Waals surface area (Å²) in [5.41, 5.74) is 2.25. The molecule has 3 aromatic carbocycles. The van der Waals surface area contributed by atoms with E-state index < -0.39 is 11.6 Å². The molecule has 0 aliphatic carbocycles. The van der Waals surface area contributed by atoms with Crippen molar-refractivity contribution >= 4 is 33.7 Å². The van der Waals surface area contributed by atoms with Crippen molar-refractivity contribution in [1.82, 2.24) is 4.57 Å². The lowest BCUT2D eigenvalue weighted by Gasteiger charge is -2.17. The van der Waals surface area contributed by atoms with Gasteiger partial charge >= 0.3 is 0 Å². The van der Waals surface area contributed by atoms with Crippen LogP contribution in [0.2, 0.25) is 0 Å². The Labute approximate surface area is 182 Å². The van der Waals surface area contributed by atoms with Crippen molar-refractivity contribution in [3.05, 3.63) is 102 Å². The molecule has 0 radical (unpaired) electrons. The molecule has 7 heteroatoms. The largest absolute Gasteiger partial charge is 0.353 e. The van der Waals surface area contributed by atoms with Crippen LogP contribution in [0.1, 0.15) is 0 Å². The molecule has 0 saturated heterocycles. The van der Waals surface area contributed by atoms with E-state index in [0.29, 0.717) is 33.3 Å². The third kappa shape index (κ3) is 4.00. The van der Waals surface area contributed by atoms with Crippen LogP contribution in [0.25, 0.3) is 21.9 Å². The molecule has 0 spiro atoms. The molecule has 2 N–H and O–H groups in total. The summed E-state index contributed by atoms with van der Waals surface area (Å²) in [5, 5.41) is 6.93. The van der Waals surface area contributed by atoms with Gasteiger partial charge in [0.25, 0.3) is 5.56 Å². The number of hydrogen-bond donors (Lipinski definition) is 2. The maximum atomic E-state index is 14.3. The van der Waals surface area contributed by atoms with E-state index in [1.54, 1.807) is 43.6 Å². The minimum Gasteiger partial charge on any atom is -0.353 e. The second-order valence-electron chi connectivity index (χ2n) is 7.21. The molecule has 1 amide bonds. The summed E-state index contributed by atoms with van der Waals surface area (Å²) in [6, 6.07) is 15.5. The van der Waals surface area contributed by atoms with E-state index in [9.17, 15) is 18.4 Å². The van der Waals surface area contributed by atoms with E-state index in [1.807, 2.05) is 12.1 Å². The van der Waals surface area contributed by atoms with E-state index in [0.717, 1.165) is 18.2 Å².